The van der Waals surface area contributed by atoms with Crippen LogP contribution >= 0.6 is 12.2 Å². The van der Waals surface area contributed by atoms with Crippen molar-refractivity contribution in [3.8, 4) is 0 Å². The minimum absolute atomic E-state index is 0.0223. The van der Waals surface area contributed by atoms with Gasteiger partial charge in [-0.05, 0) is 28.9 Å². The molecule has 0 saturated heterocycles. The Morgan fingerprint density at radius 3 is 1.81 bits per heavy atom. The molecule has 0 spiro atoms. The molecule has 0 bridgehead atoms. The number of H-pyrrole nitrogens is 1. The average molecular weight is 357 g/mol. The van der Waals surface area contributed by atoms with Gasteiger partial charge in [0.2, 0.25) is 0 Å². The van der Waals surface area contributed by atoms with Gasteiger partial charge >= 0.3 is 0 Å². The topological polar surface area (TPSA) is 33.6 Å². The van der Waals surface area contributed by atoms with Crippen LogP contribution in [0, 0.1) is 4.77 Å². The summed E-state index contributed by atoms with van der Waals surface area (Å²) in [6.07, 6.45) is 0. The summed E-state index contributed by atoms with van der Waals surface area (Å²) in [5.41, 5.74) is 3.59. The van der Waals surface area contributed by atoms with Gasteiger partial charge in [0.1, 0.15) is 5.82 Å². The summed E-state index contributed by atoms with van der Waals surface area (Å²) in [5, 5.41) is 7.60. The number of aromatic nitrogens is 3. The minimum atomic E-state index is 0.0223. The predicted octanol–water partition coefficient (Wildman–Crippen LogP) is 5.17. The van der Waals surface area contributed by atoms with Gasteiger partial charge in [0, 0.05) is 0 Å². The molecule has 4 rings (SSSR count). The van der Waals surface area contributed by atoms with Crippen LogP contribution in [0.5, 0.6) is 0 Å². The summed E-state index contributed by atoms with van der Waals surface area (Å²) in [6.45, 7) is 0.696. The largest absolute Gasteiger partial charge is 0.299 e. The second kappa shape index (κ2) is 7.50. The van der Waals surface area contributed by atoms with Crippen LogP contribution in [-0.2, 0) is 6.54 Å². The summed E-state index contributed by atoms with van der Waals surface area (Å²) < 4.78 is 2.73. The lowest BCUT2D eigenvalue weighted by atomic mass is 9.90. The van der Waals surface area contributed by atoms with Crippen LogP contribution in [0.4, 0.5) is 0 Å². The molecule has 0 fully saturated rings. The first-order valence-corrected chi connectivity index (χ1v) is 9.02. The highest BCUT2D eigenvalue weighted by Gasteiger charge is 2.22. The summed E-state index contributed by atoms with van der Waals surface area (Å²) in [7, 11) is 0. The fraction of sp³-hybridized carbons (Fsp3) is 0.0909. The molecule has 1 heterocycles. The number of hydrogen-bond acceptors (Lipinski definition) is 2. The number of nitrogens with zero attached hydrogens (tertiary/aromatic N) is 2. The van der Waals surface area contributed by atoms with Crippen LogP contribution in [0.1, 0.15) is 28.4 Å². The Labute approximate surface area is 158 Å². The Hall–Kier alpha value is -2.98. The molecular weight excluding hydrogens is 338 g/mol. The van der Waals surface area contributed by atoms with Crippen LogP contribution in [0.3, 0.4) is 0 Å². The van der Waals surface area contributed by atoms with Crippen molar-refractivity contribution >= 4 is 12.2 Å². The van der Waals surface area contributed by atoms with E-state index in [1.165, 1.54) is 16.7 Å². The molecular formula is C22H19N3S. The first-order valence-electron chi connectivity index (χ1n) is 8.62. The first kappa shape index (κ1) is 16.5. The molecule has 26 heavy (non-hydrogen) atoms. The summed E-state index contributed by atoms with van der Waals surface area (Å²) >= 11 is 5.54. The molecule has 0 atom stereocenters. The van der Waals surface area contributed by atoms with Crippen LogP contribution < -0.4 is 0 Å². The SMILES string of the molecule is S=c1[nH]nc(C(c2ccccc2)c2ccccc2)n1Cc1ccccc1. The highest BCUT2D eigenvalue weighted by Crippen LogP contribution is 2.30. The summed E-state index contributed by atoms with van der Waals surface area (Å²) in [5.74, 6) is 0.949. The Bertz CT molecular complexity index is 982. The van der Waals surface area contributed by atoms with Crippen LogP contribution in [0.15, 0.2) is 91.0 Å². The standard InChI is InChI=1S/C22H19N3S/c26-22-24-23-21(25(22)16-17-10-4-1-5-11-17)20(18-12-6-2-7-13-18)19-14-8-3-9-15-19/h1-15,20H,16H2,(H,24,26). The van der Waals surface area contributed by atoms with E-state index in [1.807, 2.05) is 30.3 Å². The maximum Gasteiger partial charge on any atom is 0.195 e. The van der Waals surface area contributed by atoms with E-state index in [2.05, 4.69) is 75.4 Å². The molecule has 128 valence electrons. The molecule has 3 aromatic carbocycles. The number of rotatable bonds is 5. The van der Waals surface area contributed by atoms with Crippen molar-refractivity contribution in [3.63, 3.8) is 0 Å². The van der Waals surface area contributed by atoms with Crippen molar-refractivity contribution in [1.29, 1.82) is 0 Å². The zero-order valence-electron chi connectivity index (χ0n) is 14.2. The highest BCUT2D eigenvalue weighted by molar-refractivity contribution is 7.71. The maximum atomic E-state index is 5.54. The van der Waals surface area contributed by atoms with E-state index in [1.54, 1.807) is 0 Å². The van der Waals surface area contributed by atoms with E-state index < -0.39 is 0 Å². The zero-order chi connectivity index (χ0) is 17.8. The molecule has 1 aromatic heterocycles. The van der Waals surface area contributed by atoms with E-state index in [4.69, 9.17) is 12.2 Å². The molecule has 0 aliphatic carbocycles. The molecule has 4 aromatic rings. The molecule has 0 radical (unpaired) electrons. The number of aromatic amines is 1. The highest BCUT2D eigenvalue weighted by atomic mass is 32.1. The Kier molecular flexibility index (Phi) is 4.75. The fourth-order valence-corrected chi connectivity index (χ4v) is 3.45. The number of nitrogens with one attached hydrogen (secondary N) is 1. The summed E-state index contributed by atoms with van der Waals surface area (Å²) in [6, 6.07) is 31.2. The van der Waals surface area contributed by atoms with Crippen LogP contribution in [0.2, 0.25) is 0 Å². The fourth-order valence-electron chi connectivity index (χ4n) is 3.25. The molecule has 3 nitrogen and oxygen atoms in total. The van der Waals surface area contributed by atoms with Gasteiger partial charge in [-0.15, -0.1) is 0 Å². The van der Waals surface area contributed by atoms with E-state index in [0.717, 1.165) is 5.82 Å². The quantitative estimate of drug-likeness (QED) is 0.500. The second-order valence-corrected chi connectivity index (χ2v) is 6.60. The number of hydrogen-bond donors (Lipinski definition) is 1. The third kappa shape index (κ3) is 3.37. The average Bonchev–Trinajstić information content (AvgIpc) is 3.05. The van der Waals surface area contributed by atoms with Gasteiger partial charge in [0.25, 0.3) is 0 Å². The molecule has 1 N–H and O–H groups in total. The minimum Gasteiger partial charge on any atom is -0.299 e. The normalized spacial score (nSPS) is 11.0. The van der Waals surface area contributed by atoms with E-state index in [-0.39, 0.29) is 5.92 Å². The third-order valence-electron chi connectivity index (χ3n) is 4.50. The van der Waals surface area contributed by atoms with Gasteiger partial charge in [-0.1, -0.05) is 91.0 Å². The molecule has 0 saturated carbocycles. The van der Waals surface area contributed by atoms with Gasteiger partial charge in [-0.25, -0.2) is 0 Å². The predicted molar refractivity (Wildman–Crippen MR) is 107 cm³/mol. The molecule has 4 heteroatoms. The second-order valence-electron chi connectivity index (χ2n) is 6.21. The maximum absolute atomic E-state index is 5.54. The Morgan fingerprint density at radius 1 is 0.769 bits per heavy atom. The monoisotopic (exact) mass is 357 g/mol. The zero-order valence-corrected chi connectivity index (χ0v) is 15.1. The van der Waals surface area contributed by atoms with Crippen molar-refractivity contribution < 1.29 is 0 Å². The number of benzene rings is 3. The molecule has 0 aliphatic rings. The van der Waals surface area contributed by atoms with Gasteiger partial charge in [0.05, 0.1) is 12.5 Å². The van der Waals surface area contributed by atoms with Crippen molar-refractivity contribution in [2.45, 2.75) is 12.5 Å². The smallest absolute Gasteiger partial charge is 0.195 e. The van der Waals surface area contributed by atoms with Crippen molar-refractivity contribution in [2.75, 3.05) is 0 Å². The van der Waals surface area contributed by atoms with Gasteiger partial charge in [-0.2, -0.15) is 5.10 Å². The third-order valence-corrected chi connectivity index (χ3v) is 4.81. The first-order chi connectivity index (χ1) is 12.8. The molecule has 0 aliphatic heterocycles. The van der Waals surface area contributed by atoms with Crippen molar-refractivity contribution in [3.05, 3.63) is 118 Å². The lowest BCUT2D eigenvalue weighted by molar-refractivity contribution is 0.699. The van der Waals surface area contributed by atoms with Gasteiger partial charge < -0.3 is 0 Å². The van der Waals surface area contributed by atoms with Gasteiger partial charge in [0.15, 0.2) is 4.77 Å². The van der Waals surface area contributed by atoms with E-state index >= 15 is 0 Å². The van der Waals surface area contributed by atoms with Crippen molar-refractivity contribution in [1.82, 2.24) is 14.8 Å². The molecule has 0 amide bonds. The lowest BCUT2D eigenvalue weighted by Crippen LogP contribution is -2.13. The molecule has 0 unspecified atom stereocenters. The van der Waals surface area contributed by atoms with E-state index in [0.29, 0.717) is 11.3 Å². The Morgan fingerprint density at radius 2 is 1.27 bits per heavy atom. The summed E-state index contributed by atoms with van der Waals surface area (Å²) in [4.78, 5) is 0. The van der Waals surface area contributed by atoms with Crippen LogP contribution in [-0.4, -0.2) is 14.8 Å². The Balaban J connectivity index is 1.84. The van der Waals surface area contributed by atoms with Gasteiger partial charge in [-0.3, -0.25) is 9.67 Å². The van der Waals surface area contributed by atoms with Crippen LogP contribution in [0.25, 0.3) is 0 Å². The van der Waals surface area contributed by atoms with E-state index in [9.17, 15) is 0 Å². The van der Waals surface area contributed by atoms with Crippen molar-refractivity contribution in [2.24, 2.45) is 0 Å². The lowest BCUT2D eigenvalue weighted by Gasteiger charge is -2.19.